The summed E-state index contributed by atoms with van der Waals surface area (Å²) in [4.78, 5) is 11.4. The lowest BCUT2D eigenvalue weighted by molar-refractivity contribution is 1.06. The Morgan fingerprint density at radius 2 is 0.877 bits per heavy atom. The van der Waals surface area contributed by atoms with Gasteiger partial charge in [-0.2, -0.15) is 0 Å². The maximum atomic E-state index is 5.83. The summed E-state index contributed by atoms with van der Waals surface area (Å²) >= 11 is 0. The predicted molar refractivity (Wildman–Crippen MR) is 239 cm³/mol. The van der Waals surface area contributed by atoms with E-state index in [4.69, 9.17) is 9.97 Å². The molecule has 0 atom stereocenters. The summed E-state index contributed by atoms with van der Waals surface area (Å²) < 4.78 is 4.95. The maximum absolute atomic E-state index is 5.83. The van der Waals surface area contributed by atoms with E-state index in [-0.39, 0.29) is 0 Å². The number of nitrogens with zero attached hydrogens (tertiary/aromatic N) is 4. The van der Waals surface area contributed by atoms with Crippen molar-refractivity contribution in [3.8, 4) is 34.2 Å². The standard InChI is InChI=1S/C52H34N4Si/c1-5-19-35(20-6-1)51-53-47-43-29-15-18-32-46(43)57(37-23-9-3-10-24-37,38-25-11-4-12-26-38)50(47)52(54-51)56-45-31-17-14-28-40(45)42-34-33-41-39-27-13-16-30-44(39)55(48(41)49(42)56)36-21-7-2-8-22-36/h1-34H. The van der Waals surface area contributed by atoms with Crippen LogP contribution in [0.15, 0.2) is 206 Å². The van der Waals surface area contributed by atoms with Gasteiger partial charge < -0.3 is 4.57 Å². The van der Waals surface area contributed by atoms with Gasteiger partial charge in [0.05, 0.1) is 27.8 Å². The van der Waals surface area contributed by atoms with Gasteiger partial charge in [-0.15, -0.1) is 0 Å². The van der Waals surface area contributed by atoms with Crippen LogP contribution in [0.2, 0.25) is 0 Å². The molecular formula is C52H34N4Si. The zero-order chi connectivity index (χ0) is 37.5. The van der Waals surface area contributed by atoms with Crippen molar-refractivity contribution in [1.29, 1.82) is 0 Å². The molecule has 1 aliphatic rings. The zero-order valence-electron chi connectivity index (χ0n) is 30.9. The molecule has 5 heteroatoms. The van der Waals surface area contributed by atoms with Crippen LogP contribution >= 0.6 is 0 Å². The topological polar surface area (TPSA) is 35.6 Å². The van der Waals surface area contributed by atoms with E-state index >= 15 is 0 Å². The van der Waals surface area contributed by atoms with E-state index in [1.807, 2.05) is 0 Å². The second kappa shape index (κ2) is 12.3. The van der Waals surface area contributed by atoms with Gasteiger partial charge in [0.25, 0.3) is 0 Å². The molecule has 0 radical (unpaired) electrons. The van der Waals surface area contributed by atoms with Gasteiger partial charge in [-0.25, -0.2) is 9.97 Å². The predicted octanol–water partition coefficient (Wildman–Crippen LogP) is 9.70. The summed E-state index contributed by atoms with van der Waals surface area (Å²) in [5, 5.41) is 9.97. The number of hydrogen-bond donors (Lipinski definition) is 0. The molecule has 0 unspecified atom stereocenters. The second-order valence-corrected chi connectivity index (χ2v) is 18.6. The van der Waals surface area contributed by atoms with E-state index in [9.17, 15) is 0 Å². The quantitative estimate of drug-likeness (QED) is 0.165. The molecule has 0 fully saturated rings. The number of benzene rings is 8. The van der Waals surface area contributed by atoms with E-state index in [1.165, 1.54) is 53.4 Å². The van der Waals surface area contributed by atoms with Crippen LogP contribution in [0.5, 0.6) is 0 Å². The smallest absolute Gasteiger partial charge is 0.187 e. The molecule has 0 N–H and O–H groups in total. The summed E-state index contributed by atoms with van der Waals surface area (Å²) in [5.41, 5.74) is 8.88. The molecule has 57 heavy (non-hydrogen) atoms. The van der Waals surface area contributed by atoms with Crippen LogP contribution in [-0.2, 0) is 0 Å². The summed E-state index contributed by atoms with van der Waals surface area (Å²) in [6.45, 7) is 0. The summed E-state index contributed by atoms with van der Waals surface area (Å²) in [6.07, 6.45) is 0. The van der Waals surface area contributed by atoms with Crippen LogP contribution in [0.1, 0.15) is 0 Å². The zero-order valence-corrected chi connectivity index (χ0v) is 31.9. The molecule has 3 aromatic heterocycles. The van der Waals surface area contributed by atoms with Crippen molar-refractivity contribution in [3.05, 3.63) is 206 Å². The van der Waals surface area contributed by atoms with Crippen molar-refractivity contribution in [2.75, 3.05) is 0 Å². The third kappa shape index (κ3) is 4.43. The fourth-order valence-corrected chi connectivity index (χ4v) is 14.9. The number of para-hydroxylation sites is 3. The van der Waals surface area contributed by atoms with Crippen molar-refractivity contribution in [2.24, 2.45) is 0 Å². The van der Waals surface area contributed by atoms with Gasteiger partial charge in [0.1, 0.15) is 5.82 Å². The normalized spacial score (nSPS) is 13.1. The first-order chi connectivity index (χ1) is 28.3. The Morgan fingerprint density at radius 1 is 0.386 bits per heavy atom. The molecule has 266 valence electrons. The summed E-state index contributed by atoms with van der Waals surface area (Å²) in [5.74, 6) is 1.64. The molecule has 0 bridgehead atoms. The monoisotopic (exact) mass is 742 g/mol. The number of fused-ring (bicyclic) bond motifs is 10. The largest absolute Gasteiger partial charge is 0.307 e. The molecule has 0 saturated carbocycles. The van der Waals surface area contributed by atoms with Gasteiger partial charge in [-0.1, -0.05) is 182 Å². The van der Waals surface area contributed by atoms with Crippen LogP contribution < -0.4 is 20.7 Å². The maximum Gasteiger partial charge on any atom is 0.187 e. The molecule has 0 saturated heterocycles. The second-order valence-electron chi connectivity index (χ2n) is 14.9. The van der Waals surface area contributed by atoms with Gasteiger partial charge in [0.2, 0.25) is 0 Å². The van der Waals surface area contributed by atoms with Crippen molar-refractivity contribution < 1.29 is 0 Å². The first kappa shape index (κ1) is 32.0. The summed E-state index contributed by atoms with van der Waals surface area (Å²) in [7, 11) is -3.05. The Labute approximate surface area is 330 Å². The minimum Gasteiger partial charge on any atom is -0.307 e. The van der Waals surface area contributed by atoms with Crippen molar-refractivity contribution >= 4 is 72.4 Å². The average Bonchev–Trinajstić information content (AvgIpc) is 3.92. The van der Waals surface area contributed by atoms with Gasteiger partial charge in [0, 0.05) is 43.5 Å². The third-order valence-electron chi connectivity index (χ3n) is 12.0. The van der Waals surface area contributed by atoms with Crippen LogP contribution in [0, 0.1) is 0 Å². The lowest BCUT2D eigenvalue weighted by Crippen LogP contribution is -2.73. The highest BCUT2D eigenvalue weighted by Gasteiger charge is 2.52. The minimum atomic E-state index is -3.05. The number of rotatable bonds is 5. The van der Waals surface area contributed by atoms with Crippen LogP contribution in [0.25, 0.3) is 77.8 Å². The highest BCUT2D eigenvalue weighted by atomic mass is 28.3. The first-order valence-corrected chi connectivity index (χ1v) is 21.5. The van der Waals surface area contributed by atoms with E-state index in [1.54, 1.807) is 0 Å². The Bertz CT molecular complexity index is 3290. The summed E-state index contributed by atoms with van der Waals surface area (Å²) in [6, 6.07) is 74.9. The lowest BCUT2D eigenvalue weighted by Gasteiger charge is -2.32. The molecule has 4 nitrogen and oxygen atoms in total. The SMILES string of the molecule is c1ccc(-c2nc3c(c(-n4c5ccccc5c5ccc6c7ccccc7n(-c7ccccc7)c6c54)n2)[Si](c2ccccc2)(c2ccccc2)c2ccccc2-3)cc1. The van der Waals surface area contributed by atoms with Crippen molar-refractivity contribution in [3.63, 3.8) is 0 Å². The van der Waals surface area contributed by atoms with Gasteiger partial charge in [-0.3, -0.25) is 4.57 Å². The number of aromatic nitrogens is 4. The Hall–Kier alpha value is -7.34. The van der Waals surface area contributed by atoms with Crippen molar-refractivity contribution in [1.82, 2.24) is 19.1 Å². The molecule has 0 amide bonds. The van der Waals surface area contributed by atoms with E-state index in [0.717, 1.165) is 39.3 Å². The van der Waals surface area contributed by atoms with Crippen LogP contribution in [0.3, 0.4) is 0 Å². The average molecular weight is 743 g/mol. The van der Waals surface area contributed by atoms with E-state index < -0.39 is 8.07 Å². The van der Waals surface area contributed by atoms with E-state index in [2.05, 4.69) is 215 Å². The highest BCUT2D eigenvalue weighted by Crippen LogP contribution is 2.42. The Morgan fingerprint density at radius 3 is 1.51 bits per heavy atom. The molecule has 1 aliphatic heterocycles. The molecule has 12 rings (SSSR count). The van der Waals surface area contributed by atoms with Gasteiger partial charge in [-0.05, 0) is 39.8 Å². The fourth-order valence-electron chi connectivity index (χ4n) is 9.73. The third-order valence-corrected chi connectivity index (χ3v) is 16.8. The molecule has 0 aliphatic carbocycles. The molecule has 4 heterocycles. The Balaban J connectivity index is 1.35. The number of hydrogen-bond acceptors (Lipinski definition) is 2. The molecule has 0 spiro atoms. The van der Waals surface area contributed by atoms with Crippen LogP contribution in [0.4, 0.5) is 0 Å². The fraction of sp³-hybridized carbons (Fsp3) is 0. The van der Waals surface area contributed by atoms with Crippen LogP contribution in [-0.4, -0.2) is 27.2 Å². The highest BCUT2D eigenvalue weighted by molar-refractivity contribution is 7.22. The molecule has 11 aromatic rings. The van der Waals surface area contributed by atoms with Gasteiger partial charge >= 0.3 is 0 Å². The lowest BCUT2D eigenvalue weighted by atomic mass is 10.1. The minimum absolute atomic E-state index is 0.715. The van der Waals surface area contributed by atoms with Gasteiger partial charge in [0.15, 0.2) is 13.9 Å². The van der Waals surface area contributed by atoms with Crippen molar-refractivity contribution in [2.45, 2.75) is 0 Å². The molecule has 8 aromatic carbocycles. The Kier molecular flexibility index (Phi) is 6.91. The van der Waals surface area contributed by atoms with E-state index in [0.29, 0.717) is 5.82 Å². The first-order valence-electron chi connectivity index (χ1n) is 19.5. The molecular weight excluding hydrogens is 709 g/mol.